The van der Waals surface area contributed by atoms with Gasteiger partial charge in [0.1, 0.15) is 10.8 Å². The van der Waals surface area contributed by atoms with E-state index in [1.54, 1.807) is 0 Å². The number of benzene rings is 1. The molecule has 5 nitrogen and oxygen atoms in total. The molecular weight excluding hydrogens is 444 g/mol. The van der Waals surface area contributed by atoms with Gasteiger partial charge in [-0.2, -0.15) is 26.3 Å². The first-order chi connectivity index (χ1) is 13.5. The van der Waals surface area contributed by atoms with Crippen LogP contribution in [0.5, 0.6) is 5.75 Å². The predicted molar refractivity (Wildman–Crippen MR) is 95.3 cm³/mol. The second-order valence-corrected chi connectivity index (χ2v) is 7.49. The molecule has 0 saturated carbocycles. The largest absolute Gasteiger partial charge is 0.484 e. The van der Waals surface area contributed by atoms with Crippen molar-refractivity contribution in [2.75, 3.05) is 11.9 Å². The van der Waals surface area contributed by atoms with Gasteiger partial charge in [-0.05, 0) is 30.3 Å². The highest BCUT2D eigenvalue weighted by molar-refractivity contribution is 8.00. The minimum atomic E-state index is -4.62. The molecule has 3 rings (SSSR count). The summed E-state index contributed by atoms with van der Waals surface area (Å²) in [4.78, 5) is 20.0. The number of thioether (sulfide) groups is 1. The SMILES string of the molecule is O=C(Nc1nc2ccc(OCC(F)(F)F)cc2s1)c1cccnc1SC(F)(F)F. The summed E-state index contributed by atoms with van der Waals surface area (Å²) in [6.45, 7) is -1.46. The first-order valence-electron chi connectivity index (χ1n) is 7.62. The molecule has 13 heteroatoms. The monoisotopic (exact) mass is 453 g/mol. The summed E-state index contributed by atoms with van der Waals surface area (Å²) in [7, 11) is 0. The Bertz CT molecular complexity index is 1040. The van der Waals surface area contributed by atoms with Crippen LogP contribution < -0.4 is 10.1 Å². The van der Waals surface area contributed by atoms with Crippen LogP contribution in [0.25, 0.3) is 10.2 Å². The third-order valence-electron chi connectivity index (χ3n) is 3.21. The number of pyridine rings is 1. The number of aromatic nitrogens is 2. The molecular formula is C16H9F6N3O2S2. The number of anilines is 1. The standard InChI is InChI=1S/C16H9F6N3O2S2/c17-15(18,19)7-27-8-3-4-10-11(6-8)28-14(24-10)25-12(26)9-2-1-5-23-13(9)29-16(20,21)22/h1-6H,7H2,(H,24,25,26). The molecule has 0 unspecified atom stereocenters. The zero-order valence-corrected chi connectivity index (χ0v) is 15.6. The van der Waals surface area contributed by atoms with Gasteiger partial charge in [0.15, 0.2) is 11.7 Å². The Morgan fingerprint density at radius 3 is 2.62 bits per heavy atom. The highest BCUT2D eigenvalue weighted by atomic mass is 32.2. The lowest BCUT2D eigenvalue weighted by Crippen LogP contribution is -2.19. The van der Waals surface area contributed by atoms with Crippen molar-refractivity contribution in [2.45, 2.75) is 16.7 Å². The molecule has 1 N–H and O–H groups in total. The van der Waals surface area contributed by atoms with Crippen molar-refractivity contribution in [3.05, 3.63) is 42.1 Å². The molecule has 0 bridgehead atoms. The van der Waals surface area contributed by atoms with Crippen LogP contribution in [0.2, 0.25) is 0 Å². The Labute approximate surface area is 167 Å². The molecule has 0 aliphatic carbocycles. The summed E-state index contributed by atoms with van der Waals surface area (Å²) in [5.74, 6) is -0.884. The number of nitrogens with zero attached hydrogens (tertiary/aromatic N) is 2. The number of amides is 1. The van der Waals surface area contributed by atoms with Crippen LogP contribution in [0.15, 0.2) is 41.6 Å². The molecule has 0 fully saturated rings. The quantitative estimate of drug-likeness (QED) is 0.409. The fourth-order valence-electron chi connectivity index (χ4n) is 2.13. The summed E-state index contributed by atoms with van der Waals surface area (Å²) in [6.07, 6.45) is -3.36. The lowest BCUT2D eigenvalue weighted by Gasteiger charge is -2.09. The van der Waals surface area contributed by atoms with Gasteiger partial charge in [-0.3, -0.25) is 10.1 Å². The fraction of sp³-hybridized carbons (Fsp3) is 0.188. The number of alkyl halides is 6. The van der Waals surface area contributed by atoms with E-state index in [0.717, 1.165) is 17.5 Å². The van der Waals surface area contributed by atoms with Crippen molar-refractivity contribution < 1.29 is 35.9 Å². The molecule has 1 aromatic carbocycles. The van der Waals surface area contributed by atoms with Gasteiger partial charge in [0.05, 0.1) is 15.8 Å². The van der Waals surface area contributed by atoms with Crippen LogP contribution in [0, 0.1) is 0 Å². The van der Waals surface area contributed by atoms with E-state index >= 15 is 0 Å². The van der Waals surface area contributed by atoms with E-state index < -0.39 is 41.0 Å². The molecule has 0 radical (unpaired) electrons. The summed E-state index contributed by atoms with van der Waals surface area (Å²) in [5, 5.41) is 1.92. The Morgan fingerprint density at radius 2 is 1.93 bits per heavy atom. The number of carbonyl (C=O) groups excluding carboxylic acids is 1. The lowest BCUT2D eigenvalue weighted by molar-refractivity contribution is -0.153. The average Bonchev–Trinajstić information content (AvgIpc) is 2.99. The number of fused-ring (bicyclic) bond motifs is 1. The Kier molecular flexibility index (Phi) is 5.89. The molecule has 154 valence electrons. The molecule has 3 aromatic rings. The molecule has 0 atom stereocenters. The van der Waals surface area contributed by atoms with Crippen molar-refractivity contribution in [1.82, 2.24) is 9.97 Å². The zero-order chi connectivity index (χ0) is 21.2. The summed E-state index contributed by atoms with van der Waals surface area (Å²) in [5.41, 5.74) is -4.53. The van der Waals surface area contributed by atoms with Crippen LogP contribution in [-0.2, 0) is 0 Å². The van der Waals surface area contributed by atoms with E-state index in [4.69, 9.17) is 0 Å². The van der Waals surface area contributed by atoms with Crippen molar-refractivity contribution in [3.8, 4) is 5.75 Å². The summed E-state index contributed by atoms with van der Waals surface area (Å²) in [6, 6.07) is 6.52. The normalized spacial score (nSPS) is 12.2. The predicted octanol–water partition coefficient (Wildman–Crippen LogP) is 5.50. The van der Waals surface area contributed by atoms with E-state index in [1.165, 1.54) is 30.3 Å². The van der Waals surface area contributed by atoms with Gasteiger partial charge >= 0.3 is 11.7 Å². The molecule has 0 aliphatic heterocycles. The van der Waals surface area contributed by atoms with E-state index in [2.05, 4.69) is 20.0 Å². The highest BCUT2D eigenvalue weighted by Crippen LogP contribution is 2.37. The summed E-state index contributed by atoms with van der Waals surface area (Å²) >= 11 is 0.416. The van der Waals surface area contributed by atoms with Crippen molar-refractivity contribution in [2.24, 2.45) is 0 Å². The molecule has 1 amide bonds. The number of thiazole rings is 1. The second-order valence-electron chi connectivity index (χ2n) is 5.41. The fourth-order valence-corrected chi connectivity index (χ4v) is 3.63. The maximum absolute atomic E-state index is 12.6. The zero-order valence-electron chi connectivity index (χ0n) is 14.0. The van der Waals surface area contributed by atoms with Crippen molar-refractivity contribution >= 4 is 44.4 Å². The topological polar surface area (TPSA) is 64.1 Å². The third-order valence-corrected chi connectivity index (χ3v) is 4.89. The second kappa shape index (κ2) is 8.06. The van der Waals surface area contributed by atoms with Gasteiger partial charge in [0.2, 0.25) is 0 Å². The van der Waals surface area contributed by atoms with E-state index in [0.29, 0.717) is 10.2 Å². The van der Waals surface area contributed by atoms with Crippen molar-refractivity contribution in [3.63, 3.8) is 0 Å². The highest BCUT2D eigenvalue weighted by Gasteiger charge is 2.32. The smallest absolute Gasteiger partial charge is 0.447 e. The lowest BCUT2D eigenvalue weighted by atomic mass is 10.3. The summed E-state index contributed by atoms with van der Waals surface area (Å²) < 4.78 is 79.7. The number of halogens is 6. The third kappa shape index (κ3) is 5.97. The van der Waals surface area contributed by atoms with Gasteiger partial charge in [-0.25, -0.2) is 9.97 Å². The van der Waals surface area contributed by atoms with Crippen LogP contribution >= 0.6 is 23.1 Å². The van der Waals surface area contributed by atoms with Crippen LogP contribution in [-0.4, -0.2) is 34.2 Å². The number of ether oxygens (including phenoxy) is 1. The Balaban J connectivity index is 1.78. The van der Waals surface area contributed by atoms with Gasteiger partial charge in [-0.15, -0.1) is 0 Å². The van der Waals surface area contributed by atoms with Gasteiger partial charge in [0.25, 0.3) is 5.91 Å². The first-order valence-corrected chi connectivity index (χ1v) is 9.26. The minimum absolute atomic E-state index is 0.0347. The van der Waals surface area contributed by atoms with E-state index in [1.807, 2.05) is 0 Å². The number of hydrogen-bond acceptors (Lipinski definition) is 6. The number of carbonyl (C=O) groups is 1. The maximum Gasteiger partial charge on any atom is 0.447 e. The maximum atomic E-state index is 12.6. The molecule has 0 saturated heterocycles. The van der Waals surface area contributed by atoms with Gasteiger partial charge in [-0.1, -0.05) is 11.3 Å². The molecule has 2 heterocycles. The van der Waals surface area contributed by atoms with Crippen LogP contribution in [0.4, 0.5) is 31.5 Å². The molecule has 29 heavy (non-hydrogen) atoms. The van der Waals surface area contributed by atoms with Gasteiger partial charge < -0.3 is 4.74 Å². The number of rotatable bonds is 5. The van der Waals surface area contributed by atoms with Crippen molar-refractivity contribution in [1.29, 1.82) is 0 Å². The van der Waals surface area contributed by atoms with E-state index in [9.17, 15) is 31.1 Å². The molecule has 0 aliphatic rings. The Morgan fingerprint density at radius 1 is 1.17 bits per heavy atom. The van der Waals surface area contributed by atoms with Crippen LogP contribution in [0.1, 0.15) is 10.4 Å². The number of nitrogens with one attached hydrogen (secondary N) is 1. The van der Waals surface area contributed by atoms with Gasteiger partial charge in [0, 0.05) is 18.0 Å². The van der Waals surface area contributed by atoms with Crippen LogP contribution in [0.3, 0.4) is 0 Å². The molecule has 2 aromatic heterocycles. The average molecular weight is 453 g/mol. The minimum Gasteiger partial charge on any atom is -0.484 e. The Hall–Kier alpha value is -2.54. The molecule has 0 spiro atoms. The van der Waals surface area contributed by atoms with E-state index in [-0.39, 0.29) is 16.4 Å². The first kappa shape index (κ1) is 21.2. The number of hydrogen-bond donors (Lipinski definition) is 1.